The van der Waals surface area contributed by atoms with E-state index >= 15 is 0 Å². The number of benzene rings is 1. The molecule has 0 bridgehead atoms. The largest absolute Gasteiger partial charge is 0.314 e. The molecule has 1 aromatic carbocycles. The van der Waals surface area contributed by atoms with Gasteiger partial charge in [-0.3, -0.25) is 0 Å². The highest BCUT2D eigenvalue weighted by atomic mass is 35.5. The molecular weight excluding hydrogens is 213 g/mol. The maximum Gasteiger partial charge on any atom is 0.127 e. The lowest BCUT2D eigenvalue weighted by molar-refractivity contribution is 0.560. The lowest BCUT2D eigenvalue weighted by Crippen LogP contribution is -2.24. The fourth-order valence-electron chi connectivity index (χ4n) is 2.08. The van der Waals surface area contributed by atoms with Gasteiger partial charge in [-0.25, -0.2) is 4.39 Å². The highest BCUT2D eigenvalue weighted by Gasteiger charge is 2.18. The van der Waals surface area contributed by atoms with Crippen molar-refractivity contribution < 1.29 is 4.39 Å². The van der Waals surface area contributed by atoms with E-state index in [9.17, 15) is 4.39 Å². The van der Waals surface area contributed by atoms with E-state index in [1.165, 1.54) is 12.5 Å². The highest BCUT2D eigenvalue weighted by Crippen LogP contribution is 2.26. The number of rotatable bonds is 2. The monoisotopic (exact) mass is 227 g/mol. The minimum absolute atomic E-state index is 0.181. The summed E-state index contributed by atoms with van der Waals surface area (Å²) in [4.78, 5) is 0. The molecule has 82 valence electrons. The molecule has 3 heteroatoms. The van der Waals surface area contributed by atoms with E-state index in [1.807, 2.05) is 6.92 Å². The number of aryl methyl sites for hydroxylation is 1. The third kappa shape index (κ3) is 2.32. The van der Waals surface area contributed by atoms with Gasteiger partial charge in [-0.1, -0.05) is 17.7 Å². The molecule has 1 unspecified atom stereocenters. The molecule has 15 heavy (non-hydrogen) atoms. The van der Waals surface area contributed by atoms with Crippen LogP contribution in [0.1, 0.15) is 24.0 Å². The smallest absolute Gasteiger partial charge is 0.127 e. The van der Waals surface area contributed by atoms with Crippen LogP contribution in [0.25, 0.3) is 0 Å². The summed E-state index contributed by atoms with van der Waals surface area (Å²) in [6.45, 7) is 2.95. The van der Waals surface area contributed by atoms with Crippen LogP contribution < -0.4 is 5.32 Å². The van der Waals surface area contributed by atoms with Crippen LogP contribution in [0, 0.1) is 12.7 Å². The normalized spacial score (nSPS) is 20.9. The van der Waals surface area contributed by atoms with Crippen molar-refractivity contribution in [2.75, 3.05) is 6.54 Å². The first kappa shape index (κ1) is 10.9. The maximum absolute atomic E-state index is 13.6. The second-order valence-corrected chi connectivity index (χ2v) is 4.53. The fourth-order valence-corrected chi connectivity index (χ4v) is 2.31. The molecular formula is C12H15ClFN. The van der Waals surface area contributed by atoms with Crippen molar-refractivity contribution in [2.45, 2.75) is 32.2 Å². The van der Waals surface area contributed by atoms with Gasteiger partial charge in [-0.2, -0.15) is 0 Å². The molecule has 1 aromatic rings. The van der Waals surface area contributed by atoms with Crippen molar-refractivity contribution in [3.8, 4) is 0 Å². The molecule has 0 spiro atoms. The van der Waals surface area contributed by atoms with Crippen LogP contribution in [-0.2, 0) is 6.42 Å². The first-order valence-corrected chi connectivity index (χ1v) is 5.73. The van der Waals surface area contributed by atoms with Gasteiger partial charge in [0.15, 0.2) is 0 Å². The second-order valence-electron chi connectivity index (χ2n) is 4.15. The molecule has 0 aliphatic carbocycles. The summed E-state index contributed by atoms with van der Waals surface area (Å²) in [5.41, 5.74) is 1.61. The van der Waals surface area contributed by atoms with E-state index in [-0.39, 0.29) is 5.82 Å². The SMILES string of the molecule is Cc1ccc(F)c(CC2CCCN2)c1Cl. The maximum atomic E-state index is 13.6. The van der Waals surface area contributed by atoms with Crippen LogP contribution in [0.5, 0.6) is 0 Å². The van der Waals surface area contributed by atoms with Gasteiger partial charge in [0.2, 0.25) is 0 Å². The summed E-state index contributed by atoms with van der Waals surface area (Å²) < 4.78 is 13.6. The molecule has 0 aromatic heterocycles. The Morgan fingerprint density at radius 1 is 1.53 bits per heavy atom. The molecule has 0 radical (unpaired) electrons. The van der Waals surface area contributed by atoms with Gasteiger partial charge < -0.3 is 5.32 Å². The minimum atomic E-state index is -0.181. The number of hydrogen-bond donors (Lipinski definition) is 1. The third-order valence-electron chi connectivity index (χ3n) is 2.99. The summed E-state index contributed by atoms with van der Waals surface area (Å²) in [6.07, 6.45) is 2.99. The summed E-state index contributed by atoms with van der Waals surface area (Å²) in [5.74, 6) is -0.181. The van der Waals surface area contributed by atoms with Crippen molar-refractivity contribution in [3.05, 3.63) is 34.1 Å². The summed E-state index contributed by atoms with van der Waals surface area (Å²) in [5, 5.41) is 3.94. The summed E-state index contributed by atoms with van der Waals surface area (Å²) in [7, 11) is 0. The van der Waals surface area contributed by atoms with Crippen LogP contribution in [0.3, 0.4) is 0 Å². The average molecular weight is 228 g/mol. The minimum Gasteiger partial charge on any atom is -0.314 e. The van der Waals surface area contributed by atoms with E-state index in [1.54, 1.807) is 6.07 Å². The second kappa shape index (κ2) is 4.50. The Labute approximate surface area is 94.6 Å². The lowest BCUT2D eigenvalue weighted by atomic mass is 10.0. The van der Waals surface area contributed by atoms with Crippen LogP contribution in [0.15, 0.2) is 12.1 Å². The fraction of sp³-hybridized carbons (Fsp3) is 0.500. The zero-order valence-corrected chi connectivity index (χ0v) is 9.57. The molecule has 1 heterocycles. The molecule has 1 saturated heterocycles. The number of halogens is 2. The molecule has 1 nitrogen and oxygen atoms in total. The predicted molar refractivity (Wildman–Crippen MR) is 60.9 cm³/mol. The Morgan fingerprint density at radius 2 is 2.33 bits per heavy atom. The third-order valence-corrected chi connectivity index (χ3v) is 3.52. The van der Waals surface area contributed by atoms with Gasteiger partial charge in [-0.05, 0) is 44.4 Å². The van der Waals surface area contributed by atoms with Gasteiger partial charge in [0.25, 0.3) is 0 Å². The topological polar surface area (TPSA) is 12.0 Å². The van der Waals surface area contributed by atoms with Gasteiger partial charge in [0, 0.05) is 16.6 Å². The molecule has 0 amide bonds. The molecule has 0 saturated carbocycles. The Hall–Kier alpha value is -0.600. The van der Waals surface area contributed by atoms with E-state index in [0.29, 0.717) is 23.0 Å². The average Bonchev–Trinajstić information content (AvgIpc) is 2.71. The molecule has 1 aliphatic rings. The van der Waals surface area contributed by atoms with E-state index in [0.717, 1.165) is 18.5 Å². The van der Waals surface area contributed by atoms with Gasteiger partial charge in [0.05, 0.1) is 0 Å². The van der Waals surface area contributed by atoms with Crippen molar-refractivity contribution in [1.29, 1.82) is 0 Å². The molecule has 1 N–H and O–H groups in total. The summed E-state index contributed by atoms with van der Waals surface area (Å²) in [6, 6.07) is 3.62. The lowest BCUT2D eigenvalue weighted by Gasteiger charge is -2.13. The predicted octanol–water partition coefficient (Wildman–Crippen LogP) is 3.08. The standard InChI is InChI=1S/C12H15ClFN/c1-8-4-5-11(14)10(12(8)13)7-9-3-2-6-15-9/h4-5,9,15H,2-3,6-7H2,1H3. The molecule has 1 aliphatic heterocycles. The van der Waals surface area contributed by atoms with Crippen molar-refractivity contribution in [1.82, 2.24) is 5.32 Å². The Balaban J connectivity index is 2.22. The number of nitrogens with one attached hydrogen (secondary N) is 1. The van der Waals surface area contributed by atoms with Crippen LogP contribution >= 0.6 is 11.6 Å². The summed E-state index contributed by atoms with van der Waals surface area (Å²) >= 11 is 6.11. The van der Waals surface area contributed by atoms with E-state index in [2.05, 4.69) is 5.32 Å². The molecule has 1 atom stereocenters. The van der Waals surface area contributed by atoms with Crippen molar-refractivity contribution >= 4 is 11.6 Å². The van der Waals surface area contributed by atoms with E-state index in [4.69, 9.17) is 11.6 Å². The zero-order chi connectivity index (χ0) is 10.8. The first-order chi connectivity index (χ1) is 7.18. The zero-order valence-electron chi connectivity index (χ0n) is 8.82. The quantitative estimate of drug-likeness (QED) is 0.819. The molecule has 2 rings (SSSR count). The highest BCUT2D eigenvalue weighted by molar-refractivity contribution is 6.32. The van der Waals surface area contributed by atoms with Crippen LogP contribution in [0.2, 0.25) is 5.02 Å². The first-order valence-electron chi connectivity index (χ1n) is 5.35. The van der Waals surface area contributed by atoms with Crippen LogP contribution in [0.4, 0.5) is 4.39 Å². The van der Waals surface area contributed by atoms with E-state index < -0.39 is 0 Å². The Bertz CT molecular complexity index is 359. The van der Waals surface area contributed by atoms with Gasteiger partial charge >= 0.3 is 0 Å². The number of hydrogen-bond acceptors (Lipinski definition) is 1. The Kier molecular flexibility index (Phi) is 3.27. The van der Waals surface area contributed by atoms with Gasteiger partial charge in [0.1, 0.15) is 5.82 Å². The van der Waals surface area contributed by atoms with Crippen LogP contribution in [-0.4, -0.2) is 12.6 Å². The molecule has 1 fully saturated rings. The Morgan fingerprint density at radius 3 is 3.00 bits per heavy atom. The van der Waals surface area contributed by atoms with Gasteiger partial charge in [-0.15, -0.1) is 0 Å². The van der Waals surface area contributed by atoms with Crippen molar-refractivity contribution in [2.24, 2.45) is 0 Å². The van der Waals surface area contributed by atoms with Crippen molar-refractivity contribution in [3.63, 3.8) is 0 Å².